The van der Waals surface area contributed by atoms with Crippen LogP contribution >= 0.6 is 0 Å². The fraction of sp³-hybridized carbons (Fsp3) is 0.188. The molecule has 0 fully saturated rings. The van der Waals surface area contributed by atoms with Gasteiger partial charge in [-0.2, -0.15) is 21.6 Å². The van der Waals surface area contributed by atoms with Crippen molar-refractivity contribution >= 4 is 15.8 Å². The lowest BCUT2D eigenvalue weighted by Crippen LogP contribution is -2.25. The van der Waals surface area contributed by atoms with Crippen molar-refractivity contribution in [3.63, 3.8) is 0 Å². The molecule has 0 spiro atoms. The number of halogens is 3. The summed E-state index contributed by atoms with van der Waals surface area (Å²) in [6.45, 7) is 0. The van der Waals surface area contributed by atoms with Gasteiger partial charge in [-0.25, -0.2) is 0 Å². The second kappa shape index (κ2) is 7.04. The van der Waals surface area contributed by atoms with Crippen LogP contribution in [0.1, 0.15) is 16.7 Å². The highest BCUT2D eigenvalue weighted by molar-refractivity contribution is 7.85. The Labute approximate surface area is 137 Å². The summed E-state index contributed by atoms with van der Waals surface area (Å²) in [5.41, 5.74) is 0.160. The molecule has 0 aliphatic rings. The van der Waals surface area contributed by atoms with Gasteiger partial charge in [0.15, 0.2) is 5.71 Å². The molecule has 24 heavy (non-hydrogen) atoms. The summed E-state index contributed by atoms with van der Waals surface area (Å²) in [6.07, 6.45) is -3.65. The standard InChI is InChI=1S/C16H14F3NO3S/c1-24(21,22)23-20-15(16(17,18)19)14-9-7-13(8-10-14)11-12-5-3-2-4-6-12/h2-10H,11H2,1H3. The molecule has 0 bridgehead atoms. The minimum atomic E-state index is -4.84. The summed E-state index contributed by atoms with van der Waals surface area (Å²) in [7, 11) is -4.12. The Bertz CT molecular complexity index is 814. The fourth-order valence-electron chi connectivity index (χ4n) is 1.99. The van der Waals surface area contributed by atoms with E-state index in [1.165, 1.54) is 24.3 Å². The molecule has 4 nitrogen and oxygen atoms in total. The third kappa shape index (κ3) is 5.38. The van der Waals surface area contributed by atoms with Crippen LogP contribution in [0, 0.1) is 0 Å². The Morgan fingerprint density at radius 2 is 1.54 bits per heavy atom. The molecule has 0 aromatic heterocycles. The van der Waals surface area contributed by atoms with Crippen LogP contribution in [0.3, 0.4) is 0 Å². The highest BCUT2D eigenvalue weighted by Crippen LogP contribution is 2.24. The smallest absolute Gasteiger partial charge is 0.268 e. The van der Waals surface area contributed by atoms with Crippen molar-refractivity contribution in [2.24, 2.45) is 5.16 Å². The molecule has 2 aromatic carbocycles. The summed E-state index contributed by atoms with van der Waals surface area (Å²) >= 11 is 0. The van der Waals surface area contributed by atoms with Gasteiger partial charge in [0.1, 0.15) is 0 Å². The van der Waals surface area contributed by atoms with E-state index in [2.05, 4.69) is 9.44 Å². The third-order valence-electron chi connectivity index (χ3n) is 3.01. The fourth-order valence-corrected chi connectivity index (χ4v) is 2.20. The van der Waals surface area contributed by atoms with Gasteiger partial charge in [0.05, 0.1) is 6.26 Å². The molecule has 0 N–H and O–H groups in total. The minimum Gasteiger partial charge on any atom is -0.268 e. The molecule has 2 rings (SSSR count). The highest BCUT2D eigenvalue weighted by atomic mass is 32.2. The number of nitrogens with zero attached hydrogens (tertiary/aromatic N) is 1. The molecule has 0 aliphatic carbocycles. The SMILES string of the molecule is CS(=O)(=O)ON=C(c1ccc(Cc2ccccc2)cc1)C(F)(F)F. The van der Waals surface area contributed by atoms with Crippen molar-refractivity contribution in [3.05, 3.63) is 71.3 Å². The lowest BCUT2D eigenvalue weighted by Gasteiger charge is -2.10. The zero-order valence-electron chi connectivity index (χ0n) is 12.6. The maximum atomic E-state index is 13.0. The van der Waals surface area contributed by atoms with Crippen LogP contribution in [0.25, 0.3) is 0 Å². The molecular formula is C16H14F3NO3S. The van der Waals surface area contributed by atoms with Crippen molar-refractivity contribution < 1.29 is 25.9 Å². The Kier molecular flexibility index (Phi) is 5.28. The third-order valence-corrected chi connectivity index (χ3v) is 3.36. The van der Waals surface area contributed by atoms with Gasteiger partial charge in [-0.3, -0.25) is 4.28 Å². The Morgan fingerprint density at radius 1 is 1.00 bits per heavy atom. The number of hydrogen-bond donors (Lipinski definition) is 0. The second-order valence-electron chi connectivity index (χ2n) is 5.08. The van der Waals surface area contributed by atoms with Crippen molar-refractivity contribution in [1.82, 2.24) is 0 Å². The first-order chi connectivity index (χ1) is 11.1. The number of oxime groups is 1. The molecule has 0 atom stereocenters. The van der Waals surface area contributed by atoms with Crippen LogP contribution in [0.5, 0.6) is 0 Å². The first-order valence-electron chi connectivity index (χ1n) is 6.82. The van der Waals surface area contributed by atoms with Gasteiger partial charge in [0, 0.05) is 5.56 Å². The van der Waals surface area contributed by atoms with Gasteiger partial charge in [-0.05, 0) is 17.5 Å². The van der Waals surface area contributed by atoms with Gasteiger partial charge in [-0.1, -0.05) is 59.8 Å². The molecule has 0 saturated heterocycles. The monoisotopic (exact) mass is 357 g/mol. The molecular weight excluding hydrogens is 343 g/mol. The number of benzene rings is 2. The second-order valence-corrected chi connectivity index (χ2v) is 6.63. The van der Waals surface area contributed by atoms with E-state index in [-0.39, 0.29) is 5.56 Å². The van der Waals surface area contributed by atoms with E-state index in [0.29, 0.717) is 12.7 Å². The van der Waals surface area contributed by atoms with Crippen molar-refractivity contribution in [1.29, 1.82) is 0 Å². The predicted molar refractivity (Wildman–Crippen MR) is 84.2 cm³/mol. The quantitative estimate of drug-likeness (QED) is 0.608. The molecule has 0 unspecified atom stereocenters. The first kappa shape index (κ1) is 18.0. The Hall–Kier alpha value is -2.35. The molecule has 128 valence electrons. The van der Waals surface area contributed by atoms with Crippen molar-refractivity contribution in [2.75, 3.05) is 6.26 Å². The van der Waals surface area contributed by atoms with E-state index in [4.69, 9.17) is 0 Å². The maximum Gasteiger partial charge on any atom is 0.437 e. The number of alkyl halides is 3. The zero-order valence-corrected chi connectivity index (χ0v) is 13.4. The topological polar surface area (TPSA) is 55.7 Å². The summed E-state index contributed by atoms with van der Waals surface area (Å²) < 4.78 is 64.7. The lowest BCUT2D eigenvalue weighted by molar-refractivity contribution is -0.0596. The number of hydrogen-bond acceptors (Lipinski definition) is 4. The van der Waals surface area contributed by atoms with E-state index < -0.39 is 22.0 Å². The van der Waals surface area contributed by atoms with Crippen LogP contribution in [0.2, 0.25) is 0 Å². The van der Waals surface area contributed by atoms with Crippen LogP contribution in [0.4, 0.5) is 13.2 Å². The average Bonchev–Trinajstić information content (AvgIpc) is 2.47. The van der Waals surface area contributed by atoms with Crippen LogP contribution < -0.4 is 0 Å². The van der Waals surface area contributed by atoms with Crippen molar-refractivity contribution in [2.45, 2.75) is 12.6 Å². The van der Waals surface area contributed by atoms with Crippen LogP contribution in [-0.4, -0.2) is 26.6 Å². The molecule has 0 amide bonds. The molecule has 2 aromatic rings. The van der Waals surface area contributed by atoms with E-state index in [1.54, 1.807) is 0 Å². The van der Waals surface area contributed by atoms with Gasteiger partial charge >= 0.3 is 16.3 Å². The van der Waals surface area contributed by atoms with Gasteiger partial charge in [0.25, 0.3) is 0 Å². The van der Waals surface area contributed by atoms with E-state index in [1.807, 2.05) is 30.3 Å². The summed E-state index contributed by atoms with van der Waals surface area (Å²) in [6, 6.07) is 15.0. The summed E-state index contributed by atoms with van der Waals surface area (Å²) in [4.78, 5) is 0. The van der Waals surface area contributed by atoms with E-state index >= 15 is 0 Å². The summed E-state index contributed by atoms with van der Waals surface area (Å²) in [5.74, 6) is 0. The van der Waals surface area contributed by atoms with E-state index in [0.717, 1.165) is 11.1 Å². The van der Waals surface area contributed by atoms with Crippen molar-refractivity contribution in [3.8, 4) is 0 Å². The average molecular weight is 357 g/mol. The lowest BCUT2D eigenvalue weighted by atomic mass is 10.0. The zero-order chi connectivity index (χ0) is 17.8. The van der Waals surface area contributed by atoms with Crippen LogP contribution in [-0.2, 0) is 20.8 Å². The Morgan fingerprint density at radius 3 is 2.04 bits per heavy atom. The minimum absolute atomic E-state index is 0.275. The predicted octanol–water partition coefficient (Wildman–Crippen LogP) is 3.52. The molecule has 0 aliphatic heterocycles. The Balaban J connectivity index is 2.25. The first-order valence-corrected chi connectivity index (χ1v) is 8.64. The molecule has 0 saturated carbocycles. The molecule has 8 heteroatoms. The van der Waals surface area contributed by atoms with Gasteiger partial charge < -0.3 is 0 Å². The molecule has 0 heterocycles. The van der Waals surface area contributed by atoms with Crippen LogP contribution in [0.15, 0.2) is 59.8 Å². The van der Waals surface area contributed by atoms with Gasteiger partial charge in [0.2, 0.25) is 0 Å². The number of rotatable bonds is 5. The highest BCUT2D eigenvalue weighted by Gasteiger charge is 2.38. The van der Waals surface area contributed by atoms with Gasteiger partial charge in [-0.15, -0.1) is 0 Å². The maximum absolute atomic E-state index is 13.0. The van der Waals surface area contributed by atoms with E-state index in [9.17, 15) is 21.6 Å². The normalized spacial score (nSPS) is 12.9. The summed E-state index contributed by atoms with van der Waals surface area (Å²) in [5, 5.41) is 2.75. The molecule has 0 radical (unpaired) electrons. The largest absolute Gasteiger partial charge is 0.437 e.